The van der Waals surface area contributed by atoms with E-state index in [1.165, 1.54) is 18.4 Å². The molecular formula is C14H15F3N2OS. The van der Waals surface area contributed by atoms with Crippen molar-refractivity contribution in [2.24, 2.45) is 0 Å². The topological polar surface area (TPSA) is 46.3 Å². The van der Waals surface area contributed by atoms with Gasteiger partial charge in [-0.1, -0.05) is 12.1 Å². The zero-order valence-electron chi connectivity index (χ0n) is 11.6. The molecule has 0 fully saturated rings. The maximum Gasteiger partial charge on any atom is 0.390 e. The average Bonchev–Trinajstić information content (AvgIpc) is 2.71. The van der Waals surface area contributed by atoms with Gasteiger partial charge in [-0.3, -0.25) is 4.79 Å². The van der Waals surface area contributed by atoms with Gasteiger partial charge in [0.05, 0.1) is 12.1 Å². The molecule has 0 atom stereocenters. The molecule has 0 spiro atoms. The van der Waals surface area contributed by atoms with Gasteiger partial charge in [0.25, 0.3) is 5.91 Å². The van der Waals surface area contributed by atoms with E-state index in [4.69, 9.17) is 5.73 Å². The Labute approximate surface area is 124 Å². The molecule has 0 unspecified atom stereocenters. The number of aryl methyl sites for hydroxylation is 1. The molecule has 7 heteroatoms. The highest BCUT2D eigenvalue weighted by molar-refractivity contribution is 7.21. The number of carbonyl (C=O) groups is 1. The number of benzene rings is 1. The molecule has 2 rings (SSSR count). The van der Waals surface area contributed by atoms with Gasteiger partial charge in [-0.2, -0.15) is 13.2 Å². The van der Waals surface area contributed by atoms with Gasteiger partial charge in [-0.05, 0) is 18.6 Å². The Morgan fingerprint density at radius 1 is 1.38 bits per heavy atom. The lowest BCUT2D eigenvalue weighted by atomic mass is 10.1. The standard InChI is InChI=1S/C14H15F3N2OS/c1-8-3-4-9-10(7-8)21-12(11(9)18)13(20)19(2)6-5-14(15,16)17/h3-4,7H,5-6,18H2,1-2H3. The molecule has 0 aliphatic carbocycles. The highest BCUT2D eigenvalue weighted by atomic mass is 32.1. The number of carbonyl (C=O) groups excluding carboxylic acids is 1. The van der Waals surface area contributed by atoms with E-state index in [1.807, 2.05) is 25.1 Å². The maximum atomic E-state index is 12.2. The molecule has 3 nitrogen and oxygen atoms in total. The summed E-state index contributed by atoms with van der Waals surface area (Å²) in [7, 11) is 1.35. The Hall–Kier alpha value is -1.76. The Bertz CT molecular complexity index is 679. The summed E-state index contributed by atoms with van der Waals surface area (Å²) in [4.78, 5) is 13.6. The van der Waals surface area contributed by atoms with Gasteiger partial charge in [0.2, 0.25) is 0 Å². The van der Waals surface area contributed by atoms with E-state index < -0.39 is 18.5 Å². The number of fused-ring (bicyclic) bond motifs is 1. The first-order valence-corrected chi connectivity index (χ1v) is 7.11. The molecule has 0 aliphatic rings. The predicted octanol–water partition coefficient (Wildman–Crippen LogP) is 3.82. The number of amides is 1. The Morgan fingerprint density at radius 3 is 2.67 bits per heavy atom. The summed E-state index contributed by atoms with van der Waals surface area (Å²) in [5, 5.41) is 0.762. The number of nitrogen functional groups attached to an aromatic ring is 1. The number of hydrogen-bond acceptors (Lipinski definition) is 3. The molecule has 0 bridgehead atoms. The van der Waals surface area contributed by atoms with Gasteiger partial charge in [0.1, 0.15) is 4.88 Å². The van der Waals surface area contributed by atoms with Crippen LogP contribution < -0.4 is 5.73 Å². The lowest BCUT2D eigenvalue weighted by molar-refractivity contribution is -0.136. The fourth-order valence-corrected chi connectivity index (χ4v) is 3.17. The van der Waals surface area contributed by atoms with Crippen molar-refractivity contribution in [1.82, 2.24) is 4.90 Å². The number of hydrogen-bond donors (Lipinski definition) is 1. The SMILES string of the molecule is Cc1ccc2c(N)c(C(=O)N(C)CCC(F)(F)F)sc2c1. The molecule has 1 aromatic heterocycles. The van der Waals surface area contributed by atoms with E-state index in [-0.39, 0.29) is 6.54 Å². The smallest absolute Gasteiger partial charge is 0.390 e. The molecule has 2 N–H and O–H groups in total. The second-order valence-electron chi connectivity index (χ2n) is 4.94. The normalized spacial score (nSPS) is 11.9. The first kappa shape index (κ1) is 15.6. The number of thiophene rings is 1. The molecule has 21 heavy (non-hydrogen) atoms. The Kier molecular flexibility index (Phi) is 4.13. The third kappa shape index (κ3) is 3.47. The molecular weight excluding hydrogens is 301 g/mol. The van der Waals surface area contributed by atoms with Gasteiger partial charge >= 0.3 is 6.18 Å². The quantitative estimate of drug-likeness (QED) is 0.936. The van der Waals surface area contributed by atoms with Crippen LogP contribution in [0.3, 0.4) is 0 Å². The number of halogens is 3. The molecule has 1 aromatic carbocycles. The van der Waals surface area contributed by atoms with Crippen molar-refractivity contribution in [3.63, 3.8) is 0 Å². The summed E-state index contributed by atoms with van der Waals surface area (Å²) in [6.07, 6.45) is -5.31. The summed E-state index contributed by atoms with van der Waals surface area (Å²) in [6.45, 7) is 1.54. The zero-order chi connectivity index (χ0) is 15.8. The highest BCUT2D eigenvalue weighted by Gasteiger charge is 2.29. The second kappa shape index (κ2) is 5.55. The first-order chi connectivity index (χ1) is 9.69. The van der Waals surface area contributed by atoms with Crippen LogP contribution in [0, 0.1) is 6.92 Å². The molecule has 0 radical (unpaired) electrons. The van der Waals surface area contributed by atoms with Gasteiger partial charge in [0.15, 0.2) is 0 Å². The van der Waals surface area contributed by atoms with E-state index >= 15 is 0 Å². The van der Waals surface area contributed by atoms with Gasteiger partial charge in [-0.15, -0.1) is 11.3 Å². The third-order valence-electron chi connectivity index (χ3n) is 3.16. The number of anilines is 1. The lowest BCUT2D eigenvalue weighted by Crippen LogP contribution is -2.30. The van der Waals surface area contributed by atoms with Crippen molar-refractivity contribution in [1.29, 1.82) is 0 Å². The minimum absolute atomic E-state index is 0.292. The molecule has 114 valence electrons. The van der Waals surface area contributed by atoms with E-state index in [0.717, 1.165) is 20.5 Å². The van der Waals surface area contributed by atoms with Crippen molar-refractivity contribution < 1.29 is 18.0 Å². The van der Waals surface area contributed by atoms with Crippen molar-refractivity contribution in [2.75, 3.05) is 19.3 Å². The van der Waals surface area contributed by atoms with Crippen LogP contribution in [0.25, 0.3) is 10.1 Å². The minimum Gasteiger partial charge on any atom is -0.397 e. The van der Waals surface area contributed by atoms with Crippen LogP contribution in [0.4, 0.5) is 18.9 Å². The van der Waals surface area contributed by atoms with Crippen LogP contribution in [0.1, 0.15) is 21.7 Å². The number of alkyl halides is 3. The van der Waals surface area contributed by atoms with E-state index in [2.05, 4.69) is 0 Å². The second-order valence-corrected chi connectivity index (χ2v) is 5.99. The van der Waals surface area contributed by atoms with E-state index in [1.54, 1.807) is 0 Å². The van der Waals surface area contributed by atoms with Crippen LogP contribution in [0.5, 0.6) is 0 Å². The predicted molar refractivity (Wildman–Crippen MR) is 78.6 cm³/mol. The van der Waals surface area contributed by atoms with Crippen LogP contribution in [-0.4, -0.2) is 30.6 Å². The average molecular weight is 316 g/mol. The van der Waals surface area contributed by atoms with Gasteiger partial charge in [0, 0.05) is 23.7 Å². The Morgan fingerprint density at radius 2 is 2.05 bits per heavy atom. The van der Waals surface area contributed by atoms with Crippen LogP contribution in [0.2, 0.25) is 0 Å². The Balaban J connectivity index is 2.25. The fraction of sp³-hybridized carbons (Fsp3) is 0.357. The first-order valence-electron chi connectivity index (χ1n) is 6.30. The molecule has 0 aliphatic heterocycles. The summed E-state index contributed by atoms with van der Waals surface area (Å²) in [5.74, 6) is -0.476. The van der Waals surface area contributed by atoms with Crippen LogP contribution in [-0.2, 0) is 0 Å². The molecule has 1 amide bonds. The number of nitrogens with zero attached hydrogens (tertiary/aromatic N) is 1. The summed E-state index contributed by atoms with van der Waals surface area (Å²) in [5.41, 5.74) is 7.32. The van der Waals surface area contributed by atoms with Gasteiger partial charge < -0.3 is 10.6 Å². The molecule has 0 saturated carbocycles. The lowest BCUT2D eigenvalue weighted by Gasteiger charge is -2.17. The van der Waals surface area contributed by atoms with E-state index in [0.29, 0.717) is 10.6 Å². The minimum atomic E-state index is -4.28. The molecule has 1 heterocycles. The maximum absolute atomic E-state index is 12.2. The summed E-state index contributed by atoms with van der Waals surface area (Å²) < 4.78 is 37.5. The van der Waals surface area contributed by atoms with Gasteiger partial charge in [-0.25, -0.2) is 0 Å². The molecule has 2 aromatic rings. The van der Waals surface area contributed by atoms with Crippen molar-refractivity contribution in [3.8, 4) is 0 Å². The van der Waals surface area contributed by atoms with E-state index in [9.17, 15) is 18.0 Å². The summed E-state index contributed by atoms with van der Waals surface area (Å²) >= 11 is 1.21. The van der Waals surface area contributed by atoms with Crippen molar-refractivity contribution in [2.45, 2.75) is 19.5 Å². The third-order valence-corrected chi connectivity index (χ3v) is 4.31. The van der Waals surface area contributed by atoms with Crippen molar-refractivity contribution >= 4 is 33.0 Å². The molecule has 0 saturated heterocycles. The largest absolute Gasteiger partial charge is 0.397 e. The monoisotopic (exact) mass is 316 g/mol. The summed E-state index contributed by atoms with van der Waals surface area (Å²) in [6, 6.07) is 5.61. The fourth-order valence-electron chi connectivity index (χ4n) is 1.95. The van der Waals surface area contributed by atoms with Crippen LogP contribution >= 0.6 is 11.3 Å². The number of nitrogens with two attached hydrogens (primary N) is 1. The highest BCUT2D eigenvalue weighted by Crippen LogP contribution is 2.35. The zero-order valence-corrected chi connectivity index (χ0v) is 12.4. The van der Waals surface area contributed by atoms with Crippen molar-refractivity contribution in [3.05, 3.63) is 28.6 Å². The van der Waals surface area contributed by atoms with Crippen LogP contribution in [0.15, 0.2) is 18.2 Å². The number of rotatable bonds is 3.